The van der Waals surface area contributed by atoms with Crippen LogP contribution >= 0.6 is 11.6 Å². The minimum absolute atomic E-state index is 0.0399. The molecule has 6 rings (SSSR count). The van der Waals surface area contributed by atoms with Crippen molar-refractivity contribution in [2.45, 2.75) is 75.6 Å². The van der Waals surface area contributed by atoms with E-state index in [2.05, 4.69) is 21.8 Å². The monoisotopic (exact) mass is 681 g/mol. The highest BCUT2D eigenvalue weighted by Crippen LogP contribution is 2.50. The normalized spacial score (nSPS) is 33.6. The van der Waals surface area contributed by atoms with Crippen LogP contribution in [0.4, 0.5) is 5.69 Å². The van der Waals surface area contributed by atoms with Crippen molar-refractivity contribution in [2.75, 3.05) is 38.7 Å². The molecule has 47 heavy (non-hydrogen) atoms. The lowest BCUT2D eigenvalue weighted by molar-refractivity contribution is -0.147. The first-order valence-electron chi connectivity index (χ1n) is 17.0. The topological polar surface area (TPSA) is 99.2 Å². The van der Waals surface area contributed by atoms with Crippen LogP contribution in [0.3, 0.4) is 0 Å². The molecule has 4 aliphatic rings. The number of amides is 2. The van der Waals surface area contributed by atoms with E-state index in [1.54, 1.807) is 25.1 Å². The molecule has 1 saturated carbocycles. The summed E-state index contributed by atoms with van der Waals surface area (Å²) in [5.74, 6) is -0.511. The number of aryl methyl sites for hydroxylation is 1. The first-order valence-corrected chi connectivity index (χ1v) is 18.6. The third kappa shape index (κ3) is 6.35. The number of halogens is 1. The molecular weight excluding hydrogens is 634 g/mol. The molecule has 2 heterocycles. The van der Waals surface area contributed by atoms with Gasteiger partial charge in [0, 0.05) is 43.2 Å². The van der Waals surface area contributed by atoms with Gasteiger partial charge in [-0.15, -0.1) is 0 Å². The van der Waals surface area contributed by atoms with Gasteiger partial charge >= 0.3 is 0 Å². The maximum absolute atomic E-state index is 13.5. The smallest absolute Gasteiger partial charge is 0.263 e. The van der Waals surface area contributed by atoms with Crippen LogP contribution in [0, 0.1) is 23.7 Å². The number of nitrogens with one attached hydrogen (secondary N) is 1. The molecule has 5 unspecified atom stereocenters. The third-order valence-corrected chi connectivity index (χ3v) is 13.3. The number of ether oxygens (including phenoxy) is 1. The summed E-state index contributed by atoms with van der Waals surface area (Å²) in [5.41, 5.74) is 2.09. The Morgan fingerprint density at radius 2 is 1.98 bits per heavy atom. The van der Waals surface area contributed by atoms with Gasteiger partial charge in [0.2, 0.25) is 5.91 Å². The number of fused-ring (bicyclic) bond motifs is 4. The fourth-order valence-corrected chi connectivity index (χ4v) is 9.44. The number of carbonyl (C=O) groups excluding carboxylic acids is 2. The molecule has 2 bridgehead atoms. The zero-order valence-electron chi connectivity index (χ0n) is 28.1. The highest BCUT2D eigenvalue weighted by atomic mass is 35.5. The summed E-state index contributed by atoms with van der Waals surface area (Å²) in [6.07, 6.45) is 8.99. The first kappa shape index (κ1) is 34.0. The molecule has 8 nitrogen and oxygen atoms in total. The largest absolute Gasteiger partial charge is 0.490 e. The summed E-state index contributed by atoms with van der Waals surface area (Å²) >= 11 is 6.44. The number of rotatable bonds is 2. The second-order valence-electron chi connectivity index (χ2n) is 14.6. The second kappa shape index (κ2) is 13.2. The van der Waals surface area contributed by atoms with Gasteiger partial charge in [-0.3, -0.25) is 14.3 Å². The van der Waals surface area contributed by atoms with E-state index in [1.807, 2.05) is 51.1 Å². The Hall–Kier alpha value is -2.88. The van der Waals surface area contributed by atoms with E-state index in [1.165, 1.54) is 11.1 Å². The van der Waals surface area contributed by atoms with Crippen molar-refractivity contribution < 1.29 is 23.6 Å². The number of hydrogen-bond donors (Lipinski definition) is 2. The van der Waals surface area contributed by atoms with Crippen LogP contribution in [0.1, 0.15) is 74.4 Å². The zero-order valence-corrected chi connectivity index (χ0v) is 29.7. The van der Waals surface area contributed by atoms with E-state index in [0.29, 0.717) is 37.4 Å². The van der Waals surface area contributed by atoms with E-state index in [0.717, 1.165) is 42.8 Å². The molecule has 10 heteroatoms. The van der Waals surface area contributed by atoms with Crippen LogP contribution in [0.2, 0.25) is 5.02 Å². The van der Waals surface area contributed by atoms with Gasteiger partial charge in [0.15, 0.2) is 0 Å². The number of nitrogens with zero attached hydrogens (tertiary/aromatic N) is 2. The quantitative estimate of drug-likeness (QED) is 0.397. The summed E-state index contributed by atoms with van der Waals surface area (Å²) in [4.78, 5) is 30.7. The van der Waals surface area contributed by atoms with Gasteiger partial charge < -0.3 is 19.6 Å². The van der Waals surface area contributed by atoms with Gasteiger partial charge in [-0.25, -0.2) is 4.21 Å². The Morgan fingerprint density at radius 1 is 1.19 bits per heavy atom. The van der Waals surface area contributed by atoms with Gasteiger partial charge in [0.25, 0.3) is 5.91 Å². The minimum atomic E-state index is -1.62. The molecule has 0 aromatic heterocycles. The van der Waals surface area contributed by atoms with Crippen molar-refractivity contribution in [1.29, 1.82) is 0 Å². The molecular formula is C37H48ClN3O5S. The standard InChI is InChI=1S/C37H48ClN3O5S/c1-23-8-6-17-37(44,24(2)35(43)40(4)5)31-13-10-28(31)20-41-21-36(16-7-9-26-18-29(38)12-14-30(26)36)22-46-33-15-11-27(19-32(33)41)34(42)39-47(45)25(23)3/h6,11-12,14-15,17-19,23-25,28,31,44H,7-10,13,16,20-22H2,1-5H3,(H,39,42)/b17-6+/t23?,24-,25?,28?,31?,36+,37+,47?/m1/s1. The van der Waals surface area contributed by atoms with E-state index in [-0.39, 0.29) is 40.2 Å². The average molecular weight is 682 g/mol. The molecule has 2 aliphatic carbocycles. The van der Waals surface area contributed by atoms with Crippen molar-refractivity contribution in [3.05, 3.63) is 70.3 Å². The molecule has 1 spiro atoms. The Labute approximate surface area is 286 Å². The van der Waals surface area contributed by atoms with Crippen molar-refractivity contribution >= 4 is 40.1 Å². The molecule has 2 aromatic carbocycles. The number of benzene rings is 2. The third-order valence-electron chi connectivity index (χ3n) is 11.5. The highest BCUT2D eigenvalue weighted by Gasteiger charge is 2.52. The summed E-state index contributed by atoms with van der Waals surface area (Å²) < 4.78 is 22.7. The zero-order chi connectivity index (χ0) is 33.7. The second-order valence-corrected chi connectivity index (χ2v) is 16.6. The summed E-state index contributed by atoms with van der Waals surface area (Å²) in [6.45, 7) is 7.49. The molecule has 0 radical (unpaired) electrons. The van der Waals surface area contributed by atoms with Gasteiger partial charge in [0.05, 0.1) is 29.1 Å². The van der Waals surface area contributed by atoms with Crippen molar-refractivity contribution in [2.24, 2.45) is 23.7 Å². The van der Waals surface area contributed by atoms with E-state index in [4.69, 9.17) is 16.3 Å². The van der Waals surface area contributed by atoms with Gasteiger partial charge in [0.1, 0.15) is 16.7 Å². The molecule has 8 atom stereocenters. The first-order chi connectivity index (χ1) is 22.3. The van der Waals surface area contributed by atoms with Crippen LogP contribution in [-0.2, 0) is 27.6 Å². The SMILES string of the molecule is CC1C/C=C/[C@](O)([C@H](C)C(=O)N(C)C)C2CCC2CN2C[C@@]3(CCCc4cc(Cl)ccc43)COc3ccc(cc32)C(=O)NS(=O)C1C. The Kier molecular flexibility index (Phi) is 9.55. The van der Waals surface area contributed by atoms with Gasteiger partial charge in [-0.05, 0) is 105 Å². The summed E-state index contributed by atoms with van der Waals surface area (Å²) in [5, 5.41) is 12.9. The fourth-order valence-electron chi connectivity index (χ4n) is 8.23. The number of hydrogen-bond acceptors (Lipinski definition) is 6. The van der Waals surface area contributed by atoms with E-state index < -0.39 is 22.5 Å². The summed E-state index contributed by atoms with van der Waals surface area (Å²) in [7, 11) is 1.84. The minimum Gasteiger partial charge on any atom is -0.490 e. The number of anilines is 1. The number of allylic oxidation sites excluding steroid dienone is 1. The average Bonchev–Trinajstić information content (AvgIpc) is 3.17. The van der Waals surface area contributed by atoms with Crippen LogP contribution in [0.5, 0.6) is 5.75 Å². The van der Waals surface area contributed by atoms with E-state index in [9.17, 15) is 18.9 Å². The Bertz CT molecular complexity index is 1600. The molecule has 2 aliphatic heterocycles. The van der Waals surface area contributed by atoms with Crippen LogP contribution in [0.25, 0.3) is 0 Å². The maximum atomic E-state index is 13.5. The highest BCUT2D eigenvalue weighted by molar-refractivity contribution is 7.84. The summed E-state index contributed by atoms with van der Waals surface area (Å²) in [6, 6.07) is 11.6. The predicted molar refractivity (Wildman–Crippen MR) is 187 cm³/mol. The van der Waals surface area contributed by atoms with Crippen molar-refractivity contribution in [1.82, 2.24) is 9.62 Å². The number of carbonyl (C=O) groups is 2. The fraction of sp³-hybridized carbons (Fsp3) is 0.568. The lowest BCUT2D eigenvalue weighted by Gasteiger charge is -2.51. The van der Waals surface area contributed by atoms with E-state index >= 15 is 0 Å². The number of aliphatic hydroxyl groups is 1. The van der Waals surface area contributed by atoms with Crippen molar-refractivity contribution in [3.8, 4) is 5.75 Å². The van der Waals surface area contributed by atoms with Gasteiger partial charge in [-0.2, -0.15) is 0 Å². The maximum Gasteiger partial charge on any atom is 0.263 e. The Balaban J connectivity index is 1.45. The molecule has 2 amide bonds. The molecule has 2 aromatic rings. The molecule has 1 fully saturated rings. The lowest BCUT2D eigenvalue weighted by Crippen LogP contribution is -2.57. The van der Waals surface area contributed by atoms with Gasteiger partial charge in [-0.1, -0.05) is 43.7 Å². The Morgan fingerprint density at radius 3 is 2.70 bits per heavy atom. The predicted octanol–water partition coefficient (Wildman–Crippen LogP) is 5.67. The molecule has 2 N–H and O–H groups in total. The van der Waals surface area contributed by atoms with Crippen LogP contribution in [0.15, 0.2) is 48.6 Å². The van der Waals surface area contributed by atoms with Crippen LogP contribution in [-0.4, -0.2) is 70.7 Å². The molecule has 0 saturated heterocycles. The van der Waals surface area contributed by atoms with Crippen LogP contribution < -0.4 is 14.4 Å². The molecule has 254 valence electrons. The van der Waals surface area contributed by atoms with Crippen molar-refractivity contribution in [3.63, 3.8) is 0 Å². The lowest BCUT2D eigenvalue weighted by atomic mass is 9.60.